The van der Waals surface area contributed by atoms with E-state index in [0.29, 0.717) is 18.8 Å². The molecule has 2 rings (SSSR count). The first-order chi connectivity index (χ1) is 7.22. The number of rotatable bonds is 1. The van der Waals surface area contributed by atoms with Crippen LogP contribution in [0.1, 0.15) is 24.6 Å². The van der Waals surface area contributed by atoms with Crippen LogP contribution < -0.4 is 5.73 Å². The van der Waals surface area contributed by atoms with Gasteiger partial charge in [-0.15, -0.1) is 0 Å². The topological polar surface area (TPSA) is 72.1 Å². The summed E-state index contributed by atoms with van der Waals surface area (Å²) in [5.41, 5.74) is 7.62. The highest BCUT2D eigenvalue weighted by atomic mass is 16.2. The quantitative estimate of drug-likeness (QED) is 0.719. The molecule has 0 spiro atoms. The summed E-state index contributed by atoms with van der Waals surface area (Å²) in [6.45, 7) is 3.15. The van der Waals surface area contributed by atoms with Crippen LogP contribution in [0.4, 0.5) is 5.82 Å². The summed E-state index contributed by atoms with van der Waals surface area (Å²) in [5, 5.41) is 0. The van der Waals surface area contributed by atoms with Gasteiger partial charge in [-0.1, -0.05) is 6.92 Å². The number of nitrogen functional groups attached to an aromatic ring is 1. The zero-order valence-electron chi connectivity index (χ0n) is 8.73. The number of carbonyl (C=O) groups excluding carboxylic acids is 1. The highest BCUT2D eigenvalue weighted by Gasteiger charge is 2.22. The van der Waals surface area contributed by atoms with Crippen molar-refractivity contribution in [3.63, 3.8) is 0 Å². The van der Waals surface area contributed by atoms with Crippen LogP contribution in [0.15, 0.2) is 6.33 Å². The molecule has 0 saturated heterocycles. The minimum atomic E-state index is 0.165. The Bertz CT molecular complexity index is 391. The Kier molecular flexibility index (Phi) is 2.53. The van der Waals surface area contributed by atoms with Gasteiger partial charge in [0.05, 0.1) is 12.2 Å². The molecule has 0 aromatic carbocycles. The first-order valence-corrected chi connectivity index (χ1v) is 5.08. The molecule has 1 aromatic rings. The molecule has 0 unspecified atom stereocenters. The van der Waals surface area contributed by atoms with Gasteiger partial charge in [0, 0.05) is 18.5 Å². The summed E-state index contributed by atoms with van der Waals surface area (Å²) in [5.74, 6) is 0.710. The third-order valence-corrected chi connectivity index (χ3v) is 2.70. The maximum atomic E-state index is 11.5. The molecule has 1 aliphatic heterocycles. The fourth-order valence-corrected chi connectivity index (χ4v) is 1.82. The molecule has 2 heterocycles. The molecule has 5 heteroatoms. The molecule has 0 bridgehead atoms. The van der Waals surface area contributed by atoms with Crippen LogP contribution in [0.5, 0.6) is 0 Å². The van der Waals surface area contributed by atoms with Crippen LogP contribution >= 0.6 is 0 Å². The van der Waals surface area contributed by atoms with Crippen molar-refractivity contribution in [1.29, 1.82) is 0 Å². The van der Waals surface area contributed by atoms with E-state index in [2.05, 4.69) is 9.97 Å². The van der Waals surface area contributed by atoms with Crippen LogP contribution in [-0.4, -0.2) is 27.3 Å². The van der Waals surface area contributed by atoms with Crippen LogP contribution in [-0.2, 0) is 17.8 Å². The lowest BCUT2D eigenvalue weighted by Gasteiger charge is -2.28. The zero-order chi connectivity index (χ0) is 10.8. The molecule has 1 aliphatic rings. The first kappa shape index (κ1) is 9.89. The van der Waals surface area contributed by atoms with Crippen molar-refractivity contribution < 1.29 is 4.79 Å². The van der Waals surface area contributed by atoms with E-state index >= 15 is 0 Å². The molecular formula is C10H14N4O. The second-order valence-electron chi connectivity index (χ2n) is 3.60. The molecule has 1 aromatic heterocycles. The highest BCUT2D eigenvalue weighted by Crippen LogP contribution is 2.20. The van der Waals surface area contributed by atoms with E-state index in [1.807, 2.05) is 11.8 Å². The molecule has 0 atom stereocenters. The van der Waals surface area contributed by atoms with Crippen molar-refractivity contribution in [2.45, 2.75) is 26.3 Å². The number of nitrogens with zero attached hydrogens (tertiary/aromatic N) is 3. The van der Waals surface area contributed by atoms with E-state index < -0.39 is 0 Å². The van der Waals surface area contributed by atoms with Crippen molar-refractivity contribution in [2.75, 3.05) is 12.3 Å². The summed E-state index contributed by atoms with van der Waals surface area (Å²) in [6.07, 6.45) is 2.75. The molecule has 1 amide bonds. The van der Waals surface area contributed by atoms with Gasteiger partial charge >= 0.3 is 0 Å². The van der Waals surface area contributed by atoms with Gasteiger partial charge in [-0.3, -0.25) is 4.79 Å². The zero-order valence-corrected chi connectivity index (χ0v) is 8.73. The maximum absolute atomic E-state index is 11.5. The smallest absolute Gasteiger partial charge is 0.222 e. The van der Waals surface area contributed by atoms with Crippen LogP contribution in [0.25, 0.3) is 0 Å². The SMILES string of the molecule is CCC(=O)N1CCc2c(N)ncnc2C1. The number of anilines is 1. The summed E-state index contributed by atoms with van der Waals surface area (Å²) in [4.78, 5) is 21.4. The fourth-order valence-electron chi connectivity index (χ4n) is 1.82. The van der Waals surface area contributed by atoms with Crippen molar-refractivity contribution in [3.05, 3.63) is 17.6 Å². The van der Waals surface area contributed by atoms with E-state index in [1.165, 1.54) is 6.33 Å². The van der Waals surface area contributed by atoms with E-state index in [0.717, 1.165) is 24.2 Å². The number of carbonyl (C=O) groups is 1. The Morgan fingerprint density at radius 3 is 3.13 bits per heavy atom. The highest BCUT2D eigenvalue weighted by molar-refractivity contribution is 5.76. The molecule has 2 N–H and O–H groups in total. The Morgan fingerprint density at radius 1 is 1.60 bits per heavy atom. The standard InChI is InChI=1S/C10H14N4O/c1-2-9(15)14-4-3-7-8(5-14)12-6-13-10(7)11/h6H,2-5H2,1H3,(H2,11,12,13). The fraction of sp³-hybridized carbons (Fsp3) is 0.500. The van der Waals surface area contributed by atoms with Gasteiger partial charge in [-0.25, -0.2) is 9.97 Å². The van der Waals surface area contributed by atoms with Crippen LogP contribution in [0.2, 0.25) is 0 Å². The predicted molar refractivity (Wildman–Crippen MR) is 55.9 cm³/mol. The lowest BCUT2D eigenvalue weighted by Crippen LogP contribution is -2.36. The van der Waals surface area contributed by atoms with Gasteiger partial charge in [0.1, 0.15) is 12.1 Å². The molecule has 0 fully saturated rings. The second kappa shape index (κ2) is 3.84. The predicted octanol–water partition coefficient (Wildman–Crippen LogP) is 0.353. The number of hydrogen-bond acceptors (Lipinski definition) is 4. The third kappa shape index (κ3) is 1.77. The lowest BCUT2D eigenvalue weighted by atomic mass is 10.1. The average Bonchev–Trinajstić information content (AvgIpc) is 2.28. The minimum Gasteiger partial charge on any atom is -0.383 e. The Labute approximate surface area is 88.3 Å². The lowest BCUT2D eigenvalue weighted by molar-refractivity contribution is -0.131. The summed E-state index contributed by atoms with van der Waals surface area (Å²) < 4.78 is 0. The van der Waals surface area contributed by atoms with Gasteiger partial charge in [0.25, 0.3) is 0 Å². The first-order valence-electron chi connectivity index (χ1n) is 5.08. The monoisotopic (exact) mass is 206 g/mol. The number of hydrogen-bond donors (Lipinski definition) is 1. The number of amides is 1. The van der Waals surface area contributed by atoms with Gasteiger partial charge in [-0.05, 0) is 6.42 Å². The molecule has 0 aliphatic carbocycles. The molecule has 80 valence electrons. The number of nitrogens with two attached hydrogens (primary N) is 1. The second-order valence-corrected chi connectivity index (χ2v) is 3.60. The van der Waals surface area contributed by atoms with Crippen molar-refractivity contribution >= 4 is 11.7 Å². The van der Waals surface area contributed by atoms with Crippen molar-refractivity contribution in [2.24, 2.45) is 0 Å². The van der Waals surface area contributed by atoms with E-state index in [4.69, 9.17) is 5.73 Å². The maximum Gasteiger partial charge on any atom is 0.222 e. The summed E-state index contributed by atoms with van der Waals surface area (Å²) in [7, 11) is 0. The van der Waals surface area contributed by atoms with E-state index in [1.54, 1.807) is 0 Å². The molecular weight excluding hydrogens is 192 g/mol. The van der Waals surface area contributed by atoms with Crippen LogP contribution in [0.3, 0.4) is 0 Å². The van der Waals surface area contributed by atoms with Crippen molar-refractivity contribution in [3.8, 4) is 0 Å². The van der Waals surface area contributed by atoms with Gasteiger partial charge in [0.2, 0.25) is 5.91 Å². The Balaban J connectivity index is 2.24. The largest absolute Gasteiger partial charge is 0.383 e. The number of aromatic nitrogens is 2. The molecule has 5 nitrogen and oxygen atoms in total. The van der Waals surface area contributed by atoms with Crippen molar-refractivity contribution in [1.82, 2.24) is 14.9 Å². The van der Waals surface area contributed by atoms with E-state index in [-0.39, 0.29) is 5.91 Å². The minimum absolute atomic E-state index is 0.165. The Morgan fingerprint density at radius 2 is 2.40 bits per heavy atom. The van der Waals surface area contributed by atoms with Crippen LogP contribution in [0, 0.1) is 0 Å². The molecule has 0 saturated carbocycles. The van der Waals surface area contributed by atoms with Gasteiger partial charge in [-0.2, -0.15) is 0 Å². The normalized spacial score (nSPS) is 14.9. The van der Waals surface area contributed by atoms with E-state index in [9.17, 15) is 4.79 Å². The average molecular weight is 206 g/mol. The molecule has 15 heavy (non-hydrogen) atoms. The third-order valence-electron chi connectivity index (χ3n) is 2.70. The van der Waals surface area contributed by atoms with Gasteiger partial charge < -0.3 is 10.6 Å². The number of fused-ring (bicyclic) bond motifs is 1. The Hall–Kier alpha value is -1.65. The van der Waals surface area contributed by atoms with Gasteiger partial charge in [0.15, 0.2) is 0 Å². The summed E-state index contributed by atoms with van der Waals surface area (Å²) in [6, 6.07) is 0. The molecule has 0 radical (unpaired) electrons. The summed E-state index contributed by atoms with van der Waals surface area (Å²) >= 11 is 0.